The third-order valence-corrected chi connectivity index (χ3v) is 3.17. The third kappa shape index (κ3) is 1.93. The van der Waals surface area contributed by atoms with Crippen LogP contribution in [0.5, 0.6) is 0 Å². The molecule has 0 saturated heterocycles. The molecule has 17 heavy (non-hydrogen) atoms. The average molecular weight is 229 g/mol. The quantitative estimate of drug-likeness (QED) is 0.757. The van der Waals surface area contributed by atoms with Gasteiger partial charge in [-0.15, -0.1) is 0 Å². The molecule has 3 heteroatoms. The van der Waals surface area contributed by atoms with Gasteiger partial charge in [0.1, 0.15) is 0 Å². The van der Waals surface area contributed by atoms with Crippen LogP contribution in [0.15, 0.2) is 30.6 Å². The molecule has 3 nitrogen and oxygen atoms in total. The molecule has 88 valence electrons. The molecular weight excluding hydrogens is 214 g/mol. The van der Waals surface area contributed by atoms with Crippen molar-refractivity contribution < 1.29 is 9.53 Å². The lowest BCUT2D eigenvalue weighted by molar-refractivity contribution is 0.0526. The fourth-order valence-electron chi connectivity index (χ4n) is 2.11. The molecule has 0 bridgehead atoms. The zero-order valence-electron chi connectivity index (χ0n) is 9.85. The number of hydrogen-bond acceptors (Lipinski definition) is 2. The average Bonchev–Trinajstić information content (AvgIpc) is 3.08. The molecule has 2 heterocycles. The van der Waals surface area contributed by atoms with Crippen LogP contribution in [0.3, 0.4) is 0 Å². The summed E-state index contributed by atoms with van der Waals surface area (Å²) in [4.78, 5) is 11.6. The van der Waals surface area contributed by atoms with E-state index in [-0.39, 0.29) is 5.97 Å². The highest BCUT2D eigenvalue weighted by molar-refractivity contribution is 5.91. The molecule has 0 atom stereocenters. The van der Waals surface area contributed by atoms with Crippen LogP contribution in [0, 0.1) is 0 Å². The Morgan fingerprint density at radius 1 is 1.41 bits per heavy atom. The van der Waals surface area contributed by atoms with Crippen molar-refractivity contribution in [3.8, 4) is 0 Å². The van der Waals surface area contributed by atoms with Gasteiger partial charge in [-0.05, 0) is 43.4 Å². The van der Waals surface area contributed by atoms with Gasteiger partial charge < -0.3 is 9.14 Å². The first-order valence-electron chi connectivity index (χ1n) is 6.06. The maximum atomic E-state index is 11.6. The Bertz CT molecular complexity index is 567. The van der Waals surface area contributed by atoms with Crippen LogP contribution in [-0.4, -0.2) is 17.0 Å². The second-order valence-corrected chi connectivity index (χ2v) is 4.52. The number of pyridine rings is 1. The lowest BCUT2D eigenvalue weighted by atomic mass is 10.2. The van der Waals surface area contributed by atoms with Gasteiger partial charge in [-0.3, -0.25) is 0 Å². The Balaban J connectivity index is 1.97. The highest BCUT2D eigenvalue weighted by Crippen LogP contribution is 2.39. The van der Waals surface area contributed by atoms with Crippen LogP contribution in [0.2, 0.25) is 0 Å². The summed E-state index contributed by atoms with van der Waals surface area (Å²) < 4.78 is 7.01. The molecule has 3 rings (SSSR count). The summed E-state index contributed by atoms with van der Waals surface area (Å²) in [6.45, 7) is 2.23. The summed E-state index contributed by atoms with van der Waals surface area (Å²) in [5.41, 5.74) is 3.03. The second kappa shape index (κ2) is 3.91. The first kappa shape index (κ1) is 10.4. The van der Waals surface area contributed by atoms with Crippen molar-refractivity contribution in [1.29, 1.82) is 0 Å². The Labute approximate surface area is 100 Å². The van der Waals surface area contributed by atoms with Crippen molar-refractivity contribution >= 4 is 11.5 Å². The number of rotatable bonds is 3. The van der Waals surface area contributed by atoms with Gasteiger partial charge in [0.2, 0.25) is 0 Å². The zero-order chi connectivity index (χ0) is 11.8. The van der Waals surface area contributed by atoms with Crippen LogP contribution in [0.4, 0.5) is 0 Å². The van der Waals surface area contributed by atoms with E-state index in [2.05, 4.69) is 18.3 Å². The van der Waals surface area contributed by atoms with Crippen molar-refractivity contribution in [1.82, 2.24) is 4.40 Å². The molecule has 1 aliphatic rings. The van der Waals surface area contributed by atoms with Gasteiger partial charge in [0.15, 0.2) is 0 Å². The summed E-state index contributed by atoms with van der Waals surface area (Å²) in [7, 11) is 0. The number of nitrogens with zero attached hydrogens (tertiary/aromatic N) is 1. The molecule has 0 spiro atoms. The van der Waals surface area contributed by atoms with E-state index in [1.807, 2.05) is 23.6 Å². The largest absolute Gasteiger partial charge is 0.462 e. The zero-order valence-corrected chi connectivity index (χ0v) is 9.85. The predicted octanol–water partition coefficient (Wildman–Crippen LogP) is 2.99. The number of fused-ring (bicyclic) bond motifs is 1. The van der Waals surface area contributed by atoms with E-state index in [9.17, 15) is 4.79 Å². The smallest absolute Gasteiger partial charge is 0.339 e. The van der Waals surface area contributed by atoms with E-state index in [1.54, 1.807) is 0 Å². The maximum absolute atomic E-state index is 11.6. The lowest BCUT2D eigenvalue weighted by Crippen LogP contribution is -2.02. The maximum Gasteiger partial charge on any atom is 0.339 e. The van der Waals surface area contributed by atoms with Crippen molar-refractivity contribution in [2.75, 3.05) is 6.61 Å². The minimum Gasteiger partial charge on any atom is -0.462 e. The van der Waals surface area contributed by atoms with Gasteiger partial charge in [-0.2, -0.15) is 0 Å². The normalized spacial score (nSPS) is 15.1. The van der Waals surface area contributed by atoms with E-state index >= 15 is 0 Å². The van der Waals surface area contributed by atoms with Crippen LogP contribution in [0.1, 0.15) is 41.6 Å². The molecule has 1 saturated carbocycles. The number of aromatic nitrogens is 1. The van der Waals surface area contributed by atoms with Crippen molar-refractivity contribution in [2.24, 2.45) is 0 Å². The fourth-order valence-corrected chi connectivity index (χ4v) is 2.11. The summed E-state index contributed by atoms with van der Waals surface area (Å²) in [5.74, 6) is 0.483. The minimum atomic E-state index is -0.246. The molecule has 2 aromatic rings. The summed E-state index contributed by atoms with van der Waals surface area (Å²) in [5, 5.41) is 0. The first-order chi connectivity index (χ1) is 8.28. The van der Waals surface area contributed by atoms with E-state index in [0.717, 1.165) is 11.4 Å². The number of hydrogen-bond donors (Lipinski definition) is 0. The van der Waals surface area contributed by atoms with E-state index in [1.165, 1.54) is 18.4 Å². The summed E-state index contributed by atoms with van der Waals surface area (Å²) >= 11 is 0. The van der Waals surface area contributed by atoms with Gasteiger partial charge >= 0.3 is 5.97 Å². The monoisotopic (exact) mass is 229 g/mol. The van der Waals surface area contributed by atoms with Crippen LogP contribution < -0.4 is 0 Å². The van der Waals surface area contributed by atoms with E-state index in [4.69, 9.17) is 4.74 Å². The Morgan fingerprint density at radius 2 is 2.24 bits per heavy atom. The summed E-state index contributed by atoms with van der Waals surface area (Å²) in [6.07, 6.45) is 6.55. The molecule has 0 unspecified atom stereocenters. The van der Waals surface area contributed by atoms with Gasteiger partial charge in [0.05, 0.1) is 12.2 Å². The number of carbonyl (C=O) groups excluding carboxylic acids is 1. The van der Waals surface area contributed by atoms with Crippen molar-refractivity contribution in [2.45, 2.75) is 25.7 Å². The van der Waals surface area contributed by atoms with Crippen LogP contribution in [-0.2, 0) is 4.74 Å². The second-order valence-electron chi connectivity index (χ2n) is 4.52. The molecule has 0 aromatic carbocycles. The minimum absolute atomic E-state index is 0.246. The van der Waals surface area contributed by atoms with Gasteiger partial charge in [0, 0.05) is 17.9 Å². The molecule has 0 aliphatic heterocycles. The molecule has 1 fully saturated rings. The Hall–Kier alpha value is -1.77. The van der Waals surface area contributed by atoms with Crippen molar-refractivity contribution in [3.63, 3.8) is 0 Å². The highest BCUT2D eigenvalue weighted by atomic mass is 16.5. The van der Waals surface area contributed by atoms with Crippen molar-refractivity contribution in [3.05, 3.63) is 41.7 Å². The Morgan fingerprint density at radius 3 is 2.94 bits per heavy atom. The van der Waals surface area contributed by atoms with Gasteiger partial charge in [-0.25, -0.2) is 4.79 Å². The topological polar surface area (TPSA) is 30.7 Å². The standard InChI is InChI=1S/C14H15NO2/c1-2-17-14(16)12-7-13-6-5-11(10-3-4-10)8-15(13)9-12/h5-10H,2-4H2,1H3. The molecule has 1 aliphatic carbocycles. The number of carbonyl (C=O) groups is 1. The predicted molar refractivity (Wildman–Crippen MR) is 65.3 cm³/mol. The fraction of sp³-hybridized carbons (Fsp3) is 0.357. The van der Waals surface area contributed by atoms with E-state index in [0.29, 0.717) is 12.2 Å². The van der Waals surface area contributed by atoms with Crippen LogP contribution >= 0.6 is 0 Å². The highest BCUT2D eigenvalue weighted by Gasteiger charge is 2.23. The molecule has 0 amide bonds. The van der Waals surface area contributed by atoms with Crippen LogP contribution in [0.25, 0.3) is 5.52 Å². The third-order valence-electron chi connectivity index (χ3n) is 3.17. The molecule has 0 N–H and O–H groups in total. The Kier molecular flexibility index (Phi) is 2.39. The molecule has 2 aromatic heterocycles. The van der Waals surface area contributed by atoms with Gasteiger partial charge in [0.25, 0.3) is 0 Å². The molecule has 0 radical (unpaired) electrons. The molecular formula is C14H15NO2. The summed E-state index contributed by atoms with van der Waals surface area (Å²) in [6, 6.07) is 6.09. The van der Waals surface area contributed by atoms with Gasteiger partial charge in [-0.1, -0.05) is 6.07 Å². The van der Waals surface area contributed by atoms with E-state index < -0.39 is 0 Å². The number of ether oxygens (including phenoxy) is 1. The SMILES string of the molecule is CCOC(=O)c1cc2ccc(C3CC3)cn2c1. The first-order valence-corrected chi connectivity index (χ1v) is 6.06. The number of esters is 1. The lowest BCUT2D eigenvalue weighted by Gasteiger charge is -1.99.